The lowest BCUT2D eigenvalue weighted by molar-refractivity contribution is -0.124. The second-order valence-electron chi connectivity index (χ2n) is 5.87. The molecule has 1 saturated heterocycles. The van der Waals surface area contributed by atoms with Gasteiger partial charge in [0.15, 0.2) is 0 Å². The molecular formula is C16H33N3O4. The Kier molecular flexibility index (Phi) is 12.1. The summed E-state index contributed by atoms with van der Waals surface area (Å²) in [4.78, 5) is 13.7. The molecule has 7 heteroatoms. The first-order valence-corrected chi connectivity index (χ1v) is 8.64. The van der Waals surface area contributed by atoms with Gasteiger partial charge in [0, 0.05) is 45.2 Å². The second-order valence-corrected chi connectivity index (χ2v) is 5.87. The summed E-state index contributed by atoms with van der Waals surface area (Å²) < 4.78 is 16.4. The van der Waals surface area contributed by atoms with Crippen molar-refractivity contribution in [1.29, 1.82) is 0 Å². The minimum atomic E-state index is 0.0184. The van der Waals surface area contributed by atoms with Crippen molar-refractivity contribution < 1.29 is 19.0 Å². The molecule has 1 heterocycles. The quantitative estimate of drug-likeness (QED) is 0.452. The zero-order valence-electron chi connectivity index (χ0n) is 14.6. The van der Waals surface area contributed by atoms with E-state index < -0.39 is 0 Å². The lowest BCUT2D eigenvalue weighted by Crippen LogP contribution is -2.44. The molecule has 0 radical (unpaired) electrons. The molecule has 136 valence electrons. The number of carbonyl (C=O) groups excluding carboxylic acids is 1. The van der Waals surface area contributed by atoms with Crippen LogP contribution in [0.3, 0.4) is 0 Å². The van der Waals surface area contributed by atoms with Crippen LogP contribution in [0.25, 0.3) is 0 Å². The number of nitrogens with one attached hydrogen (secondary N) is 2. The molecule has 0 aliphatic carbocycles. The monoisotopic (exact) mass is 331 g/mol. The fourth-order valence-electron chi connectivity index (χ4n) is 2.12. The SMILES string of the molecule is CC(C)C(=O)NCCOCCOCCOCCN1CCNCC1. The van der Waals surface area contributed by atoms with Gasteiger partial charge in [-0.05, 0) is 0 Å². The molecule has 0 aromatic carbocycles. The molecule has 1 rings (SSSR count). The van der Waals surface area contributed by atoms with Crippen molar-refractivity contribution in [2.75, 3.05) is 78.9 Å². The fourth-order valence-corrected chi connectivity index (χ4v) is 2.12. The van der Waals surface area contributed by atoms with E-state index in [9.17, 15) is 4.79 Å². The first kappa shape index (κ1) is 20.3. The fraction of sp³-hybridized carbons (Fsp3) is 0.938. The van der Waals surface area contributed by atoms with Gasteiger partial charge in [0.05, 0.1) is 39.6 Å². The molecular weight excluding hydrogens is 298 g/mol. The number of hydrogen-bond donors (Lipinski definition) is 2. The summed E-state index contributed by atoms with van der Waals surface area (Å²) in [6, 6.07) is 0. The average molecular weight is 331 g/mol. The number of rotatable bonds is 13. The third-order valence-corrected chi connectivity index (χ3v) is 3.58. The molecule has 0 unspecified atom stereocenters. The lowest BCUT2D eigenvalue weighted by Gasteiger charge is -2.26. The lowest BCUT2D eigenvalue weighted by atomic mass is 10.2. The number of carbonyl (C=O) groups is 1. The van der Waals surface area contributed by atoms with E-state index in [1.54, 1.807) is 0 Å². The zero-order valence-corrected chi connectivity index (χ0v) is 14.6. The van der Waals surface area contributed by atoms with Crippen LogP contribution in [-0.2, 0) is 19.0 Å². The minimum Gasteiger partial charge on any atom is -0.378 e. The Bertz CT molecular complexity index is 297. The predicted octanol–water partition coefficient (Wildman–Crippen LogP) is -0.286. The molecule has 0 spiro atoms. The molecule has 1 aliphatic heterocycles. The van der Waals surface area contributed by atoms with Gasteiger partial charge in [0.25, 0.3) is 0 Å². The predicted molar refractivity (Wildman–Crippen MR) is 89.6 cm³/mol. The Morgan fingerprint density at radius 1 is 1.00 bits per heavy atom. The van der Waals surface area contributed by atoms with Gasteiger partial charge < -0.3 is 24.8 Å². The minimum absolute atomic E-state index is 0.0184. The number of ether oxygens (including phenoxy) is 3. The van der Waals surface area contributed by atoms with Crippen LogP contribution in [-0.4, -0.2) is 89.7 Å². The average Bonchev–Trinajstić information content (AvgIpc) is 2.56. The summed E-state index contributed by atoms with van der Waals surface area (Å²) in [5.74, 6) is 0.0766. The van der Waals surface area contributed by atoms with Crippen LogP contribution in [0.4, 0.5) is 0 Å². The van der Waals surface area contributed by atoms with Gasteiger partial charge in [-0.15, -0.1) is 0 Å². The molecule has 7 nitrogen and oxygen atoms in total. The Hall–Kier alpha value is -0.730. The highest BCUT2D eigenvalue weighted by atomic mass is 16.5. The van der Waals surface area contributed by atoms with Crippen molar-refractivity contribution >= 4 is 5.91 Å². The van der Waals surface area contributed by atoms with E-state index in [0.29, 0.717) is 39.6 Å². The van der Waals surface area contributed by atoms with Crippen LogP contribution in [0.15, 0.2) is 0 Å². The highest BCUT2D eigenvalue weighted by molar-refractivity contribution is 5.77. The Morgan fingerprint density at radius 2 is 1.57 bits per heavy atom. The van der Waals surface area contributed by atoms with Crippen molar-refractivity contribution in [3.05, 3.63) is 0 Å². The Morgan fingerprint density at radius 3 is 2.17 bits per heavy atom. The van der Waals surface area contributed by atoms with Crippen LogP contribution < -0.4 is 10.6 Å². The van der Waals surface area contributed by atoms with Crippen molar-refractivity contribution in [2.45, 2.75) is 13.8 Å². The maximum Gasteiger partial charge on any atom is 0.222 e. The van der Waals surface area contributed by atoms with Gasteiger partial charge in [0.2, 0.25) is 5.91 Å². The second kappa shape index (κ2) is 13.7. The summed E-state index contributed by atoms with van der Waals surface area (Å²) in [6.45, 7) is 13.2. The van der Waals surface area contributed by atoms with Crippen LogP contribution in [0.5, 0.6) is 0 Å². The summed E-state index contributed by atoms with van der Waals surface area (Å²) in [5, 5.41) is 6.13. The molecule has 0 atom stereocenters. The van der Waals surface area contributed by atoms with E-state index in [4.69, 9.17) is 14.2 Å². The van der Waals surface area contributed by atoms with Crippen molar-refractivity contribution in [1.82, 2.24) is 15.5 Å². The van der Waals surface area contributed by atoms with E-state index in [0.717, 1.165) is 39.3 Å². The molecule has 23 heavy (non-hydrogen) atoms. The van der Waals surface area contributed by atoms with Crippen LogP contribution in [0.1, 0.15) is 13.8 Å². The molecule has 2 N–H and O–H groups in total. The number of hydrogen-bond acceptors (Lipinski definition) is 6. The van der Waals surface area contributed by atoms with Crippen molar-refractivity contribution in [2.24, 2.45) is 5.92 Å². The van der Waals surface area contributed by atoms with Gasteiger partial charge >= 0.3 is 0 Å². The van der Waals surface area contributed by atoms with E-state index in [-0.39, 0.29) is 11.8 Å². The van der Waals surface area contributed by atoms with E-state index in [1.165, 1.54) is 0 Å². The third-order valence-electron chi connectivity index (χ3n) is 3.58. The highest BCUT2D eigenvalue weighted by Crippen LogP contribution is 1.92. The smallest absolute Gasteiger partial charge is 0.222 e. The highest BCUT2D eigenvalue weighted by Gasteiger charge is 2.08. The first-order chi connectivity index (χ1) is 11.2. The van der Waals surface area contributed by atoms with Gasteiger partial charge in [-0.2, -0.15) is 0 Å². The van der Waals surface area contributed by atoms with E-state index >= 15 is 0 Å². The topological polar surface area (TPSA) is 72.1 Å². The van der Waals surface area contributed by atoms with Gasteiger partial charge in [-0.1, -0.05) is 13.8 Å². The van der Waals surface area contributed by atoms with Gasteiger partial charge in [0.1, 0.15) is 0 Å². The summed E-state index contributed by atoms with van der Waals surface area (Å²) in [6.07, 6.45) is 0. The Balaban J connectivity index is 1.73. The number of nitrogens with zero attached hydrogens (tertiary/aromatic N) is 1. The summed E-state index contributed by atoms with van der Waals surface area (Å²) in [7, 11) is 0. The molecule has 1 aliphatic rings. The maximum absolute atomic E-state index is 11.3. The molecule has 0 aromatic heterocycles. The van der Waals surface area contributed by atoms with Crippen LogP contribution >= 0.6 is 0 Å². The van der Waals surface area contributed by atoms with E-state index in [1.807, 2.05) is 13.8 Å². The van der Waals surface area contributed by atoms with Crippen LogP contribution in [0.2, 0.25) is 0 Å². The van der Waals surface area contributed by atoms with E-state index in [2.05, 4.69) is 15.5 Å². The first-order valence-electron chi connectivity index (χ1n) is 8.64. The standard InChI is InChI=1S/C16H33N3O4/c1-15(2)16(20)18-5-9-21-11-13-23-14-12-22-10-8-19-6-3-17-4-7-19/h15,17H,3-14H2,1-2H3,(H,18,20). The normalized spacial score (nSPS) is 16.0. The number of piperazine rings is 1. The van der Waals surface area contributed by atoms with Gasteiger partial charge in [-0.25, -0.2) is 0 Å². The van der Waals surface area contributed by atoms with Crippen molar-refractivity contribution in [3.63, 3.8) is 0 Å². The van der Waals surface area contributed by atoms with Gasteiger partial charge in [-0.3, -0.25) is 9.69 Å². The number of amides is 1. The molecule has 0 saturated carbocycles. The molecule has 0 aromatic rings. The third kappa shape index (κ3) is 11.4. The largest absolute Gasteiger partial charge is 0.378 e. The molecule has 1 fully saturated rings. The Labute approximate surface area is 140 Å². The zero-order chi connectivity index (χ0) is 16.8. The van der Waals surface area contributed by atoms with Crippen molar-refractivity contribution in [3.8, 4) is 0 Å². The summed E-state index contributed by atoms with van der Waals surface area (Å²) in [5.41, 5.74) is 0. The molecule has 0 bridgehead atoms. The summed E-state index contributed by atoms with van der Waals surface area (Å²) >= 11 is 0. The maximum atomic E-state index is 11.3. The molecule has 1 amide bonds. The van der Waals surface area contributed by atoms with Crippen LogP contribution in [0, 0.1) is 5.92 Å².